The van der Waals surface area contributed by atoms with Crippen molar-refractivity contribution in [3.05, 3.63) is 170 Å². The Morgan fingerprint density at radius 2 is 1.00 bits per heavy atom. The molecule has 11 aromatic rings. The predicted molar refractivity (Wildman–Crippen MR) is 216 cm³/mol. The number of fused-ring (bicyclic) bond motifs is 13. The number of nitrogens with zero attached hydrogens (tertiary/aromatic N) is 4. The SMILES string of the molecule is c1ccc(-c2nc(-n3c4cc5c(cc4c4cc6ccccc6cc43)-n3c4ccccc4c4cccc(c43)-c3ccccc3-5)nc3ccccc23)cc1. The van der Waals surface area contributed by atoms with Crippen LogP contribution in [0.3, 0.4) is 0 Å². The molecular formula is C48H28N4. The Morgan fingerprint density at radius 3 is 1.87 bits per heavy atom. The van der Waals surface area contributed by atoms with Gasteiger partial charge in [-0.25, -0.2) is 9.97 Å². The third kappa shape index (κ3) is 3.70. The van der Waals surface area contributed by atoms with Crippen molar-refractivity contribution in [2.45, 2.75) is 0 Å². The molecule has 0 radical (unpaired) electrons. The monoisotopic (exact) mass is 660 g/mol. The second kappa shape index (κ2) is 10.3. The van der Waals surface area contributed by atoms with Crippen LogP contribution < -0.4 is 0 Å². The first-order valence-electron chi connectivity index (χ1n) is 17.8. The van der Waals surface area contributed by atoms with E-state index in [1.165, 1.54) is 71.3 Å². The fraction of sp³-hybridized carbons (Fsp3) is 0. The average Bonchev–Trinajstić information content (AvgIpc) is 3.67. The molecule has 1 aliphatic heterocycles. The molecule has 0 spiro atoms. The summed E-state index contributed by atoms with van der Waals surface area (Å²) < 4.78 is 4.79. The van der Waals surface area contributed by atoms with Gasteiger partial charge in [-0.3, -0.25) is 4.57 Å². The zero-order valence-electron chi connectivity index (χ0n) is 28.0. The van der Waals surface area contributed by atoms with E-state index in [9.17, 15) is 0 Å². The van der Waals surface area contributed by atoms with Crippen LogP contribution in [0.15, 0.2) is 170 Å². The van der Waals surface area contributed by atoms with Crippen molar-refractivity contribution >= 4 is 65.3 Å². The van der Waals surface area contributed by atoms with E-state index in [0.717, 1.165) is 33.2 Å². The van der Waals surface area contributed by atoms with Gasteiger partial charge in [0.15, 0.2) is 0 Å². The van der Waals surface area contributed by atoms with Gasteiger partial charge in [0, 0.05) is 43.6 Å². The number of hydrogen-bond acceptors (Lipinski definition) is 2. The van der Waals surface area contributed by atoms with E-state index in [1.807, 2.05) is 0 Å². The Bertz CT molecular complexity index is 3290. The molecule has 240 valence electrons. The molecule has 0 amide bonds. The summed E-state index contributed by atoms with van der Waals surface area (Å²) in [5.41, 5.74) is 13.6. The first kappa shape index (κ1) is 27.7. The molecule has 4 heterocycles. The van der Waals surface area contributed by atoms with Crippen LogP contribution in [0.5, 0.6) is 0 Å². The van der Waals surface area contributed by atoms with E-state index in [4.69, 9.17) is 9.97 Å². The van der Waals surface area contributed by atoms with Crippen LogP contribution in [-0.2, 0) is 0 Å². The maximum atomic E-state index is 5.41. The molecule has 0 bridgehead atoms. The van der Waals surface area contributed by atoms with Crippen LogP contribution in [0, 0.1) is 0 Å². The number of para-hydroxylation sites is 3. The Balaban J connectivity index is 1.28. The highest BCUT2D eigenvalue weighted by atomic mass is 15.2. The Labute approximate surface area is 298 Å². The summed E-state index contributed by atoms with van der Waals surface area (Å²) in [6, 6.07) is 61.3. The number of benzene rings is 8. The fourth-order valence-corrected chi connectivity index (χ4v) is 8.77. The molecule has 12 rings (SSSR count). The maximum absolute atomic E-state index is 5.41. The highest BCUT2D eigenvalue weighted by molar-refractivity contribution is 6.19. The fourth-order valence-electron chi connectivity index (χ4n) is 8.77. The minimum absolute atomic E-state index is 0.659. The third-order valence-corrected chi connectivity index (χ3v) is 11.0. The van der Waals surface area contributed by atoms with E-state index < -0.39 is 0 Å². The van der Waals surface area contributed by atoms with Gasteiger partial charge < -0.3 is 4.57 Å². The van der Waals surface area contributed by atoms with Gasteiger partial charge in [0.05, 0.1) is 39.0 Å². The minimum atomic E-state index is 0.659. The van der Waals surface area contributed by atoms with Crippen molar-refractivity contribution < 1.29 is 0 Å². The predicted octanol–water partition coefficient (Wildman–Crippen LogP) is 12.3. The van der Waals surface area contributed by atoms with Gasteiger partial charge in [0.25, 0.3) is 0 Å². The first-order chi connectivity index (χ1) is 25.8. The van der Waals surface area contributed by atoms with Crippen LogP contribution in [0.25, 0.3) is 110 Å². The summed E-state index contributed by atoms with van der Waals surface area (Å²) in [6.07, 6.45) is 0. The molecule has 1 aliphatic rings. The van der Waals surface area contributed by atoms with E-state index in [0.29, 0.717) is 5.95 Å². The van der Waals surface area contributed by atoms with Gasteiger partial charge in [0.2, 0.25) is 5.95 Å². The van der Waals surface area contributed by atoms with Crippen LogP contribution >= 0.6 is 0 Å². The van der Waals surface area contributed by atoms with Crippen LogP contribution in [0.2, 0.25) is 0 Å². The van der Waals surface area contributed by atoms with Crippen molar-refractivity contribution in [2.24, 2.45) is 0 Å². The van der Waals surface area contributed by atoms with Crippen molar-refractivity contribution in [3.8, 4) is 45.1 Å². The zero-order chi connectivity index (χ0) is 33.9. The van der Waals surface area contributed by atoms with Crippen molar-refractivity contribution in [1.29, 1.82) is 0 Å². The second-order valence-electron chi connectivity index (χ2n) is 13.8. The Kier molecular flexibility index (Phi) is 5.47. The van der Waals surface area contributed by atoms with Gasteiger partial charge in [-0.1, -0.05) is 133 Å². The maximum Gasteiger partial charge on any atom is 0.235 e. The number of aromatic nitrogens is 4. The molecule has 4 heteroatoms. The summed E-state index contributed by atoms with van der Waals surface area (Å²) in [6.45, 7) is 0. The molecule has 0 fully saturated rings. The normalized spacial score (nSPS) is 12.2. The third-order valence-electron chi connectivity index (χ3n) is 11.0. The lowest BCUT2D eigenvalue weighted by molar-refractivity contribution is 1.01. The number of hydrogen-bond donors (Lipinski definition) is 0. The van der Waals surface area contributed by atoms with Crippen LogP contribution in [0.1, 0.15) is 0 Å². The molecule has 0 saturated carbocycles. The van der Waals surface area contributed by atoms with Gasteiger partial charge in [-0.2, -0.15) is 0 Å². The average molecular weight is 661 g/mol. The van der Waals surface area contributed by atoms with Crippen molar-refractivity contribution in [2.75, 3.05) is 0 Å². The van der Waals surface area contributed by atoms with Gasteiger partial charge >= 0.3 is 0 Å². The zero-order valence-corrected chi connectivity index (χ0v) is 28.0. The summed E-state index contributed by atoms with van der Waals surface area (Å²) >= 11 is 0. The molecule has 0 aliphatic carbocycles. The second-order valence-corrected chi connectivity index (χ2v) is 13.8. The van der Waals surface area contributed by atoms with Gasteiger partial charge in [-0.15, -0.1) is 0 Å². The number of rotatable bonds is 2. The largest absolute Gasteiger partial charge is 0.308 e. The van der Waals surface area contributed by atoms with Gasteiger partial charge in [0.1, 0.15) is 0 Å². The lowest BCUT2D eigenvalue weighted by atomic mass is 9.93. The van der Waals surface area contributed by atoms with Crippen molar-refractivity contribution in [3.63, 3.8) is 0 Å². The lowest BCUT2D eigenvalue weighted by Crippen LogP contribution is -2.04. The van der Waals surface area contributed by atoms with E-state index in [1.54, 1.807) is 0 Å². The molecule has 4 nitrogen and oxygen atoms in total. The van der Waals surface area contributed by atoms with Crippen molar-refractivity contribution in [1.82, 2.24) is 19.1 Å². The van der Waals surface area contributed by atoms with E-state index in [2.05, 4.69) is 179 Å². The van der Waals surface area contributed by atoms with Crippen LogP contribution in [0.4, 0.5) is 0 Å². The lowest BCUT2D eigenvalue weighted by Gasteiger charge is -2.15. The summed E-state index contributed by atoms with van der Waals surface area (Å²) in [4.78, 5) is 10.7. The van der Waals surface area contributed by atoms with Crippen LogP contribution in [-0.4, -0.2) is 19.1 Å². The minimum Gasteiger partial charge on any atom is -0.308 e. The topological polar surface area (TPSA) is 35.6 Å². The highest BCUT2D eigenvalue weighted by Gasteiger charge is 2.27. The highest BCUT2D eigenvalue weighted by Crippen LogP contribution is 2.49. The molecule has 3 aromatic heterocycles. The van der Waals surface area contributed by atoms with Gasteiger partial charge in [-0.05, 0) is 58.3 Å². The summed E-state index contributed by atoms with van der Waals surface area (Å²) in [7, 11) is 0. The smallest absolute Gasteiger partial charge is 0.235 e. The first-order valence-corrected chi connectivity index (χ1v) is 17.8. The summed E-state index contributed by atoms with van der Waals surface area (Å²) in [5, 5.41) is 8.29. The summed E-state index contributed by atoms with van der Waals surface area (Å²) in [5.74, 6) is 0.659. The molecule has 52 heavy (non-hydrogen) atoms. The molecule has 0 N–H and O–H groups in total. The molecule has 8 aromatic carbocycles. The van der Waals surface area contributed by atoms with E-state index in [-0.39, 0.29) is 0 Å². The Hall–Kier alpha value is -7.04. The quantitative estimate of drug-likeness (QED) is 0.185. The van der Waals surface area contributed by atoms with E-state index >= 15 is 0 Å². The standard InChI is InChI=1S/C48H28N4/c1-2-13-29(14-3-1)46-37-20-8-10-23-41(37)49-48(50-46)52-43-26-31-16-5-4-15-30(31)25-38(43)40-28-44-39(27-45(40)52)33-18-7-6-17-32(33)35-21-12-22-36-34-19-9-11-24-42(34)51(44)47(35)36/h1-28H. The molecule has 0 saturated heterocycles. The molecule has 0 atom stereocenters. The molecular weight excluding hydrogens is 633 g/mol. The Morgan fingerprint density at radius 1 is 0.365 bits per heavy atom. The molecule has 0 unspecified atom stereocenters.